The van der Waals surface area contributed by atoms with Crippen LogP contribution < -0.4 is 9.64 Å². The molecule has 1 aliphatic rings. The van der Waals surface area contributed by atoms with E-state index >= 15 is 0 Å². The largest absolute Gasteiger partial charge is 0.494 e. The van der Waals surface area contributed by atoms with Gasteiger partial charge in [-0.1, -0.05) is 18.2 Å². The maximum absolute atomic E-state index is 12.6. The summed E-state index contributed by atoms with van der Waals surface area (Å²) in [4.78, 5) is 37.6. The van der Waals surface area contributed by atoms with Crippen molar-refractivity contribution in [2.75, 3.05) is 18.1 Å². The van der Waals surface area contributed by atoms with Crippen molar-refractivity contribution in [2.24, 2.45) is 0 Å². The summed E-state index contributed by atoms with van der Waals surface area (Å²) in [6.45, 7) is 4.07. The van der Waals surface area contributed by atoms with Crippen LogP contribution in [0.5, 0.6) is 5.75 Å². The Kier molecular flexibility index (Phi) is 6.65. The average molecular weight is 395 g/mol. The highest BCUT2D eigenvalue weighted by Gasteiger charge is 2.29. The van der Waals surface area contributed by atoms with Crippen molar-refractivity contribution in [1.29, 1.82) is 0 Å². The fourth-order valence-electron chi connectivity index (χ4n) is 3.29. The van der Waals surface area contributed by atoms with Crippen LogP contribution in [0.15, 0.2) is 48.5 Å². The number of nitrogens with zero attached hydrogens (tertiary/aromatic N) is 1. The number of Topliss-reactive ketones (excluding diaryl/α,β-unsaturated/α-hetero) is 1. The van der Waals surface area contributed by atoms with Gasteiger partial charge in [-0.05, 0) is 62.6 Å². The smallest absolute Gasteiger partial charge is 0.306 e. The monoisotopic (exact) mass is 395 g/mol. The molecule has 0 N–H and O–H groups in total. The molecule has 152 valence electrons. The molecular weight excluding hydrogens is 370 g/mol. The highest BCUT2D eigenvalue weighted by atomic mass is 16.5. The van der Waals surface area contributed by atoms with Gasteiger partial charge in [0, 0.05) is 24.2 Å². The van der Waals surface area contributed by atoms with Crippen molar-refractivity contribution in [3.8, 4) is 5.75 Å². The van der Waals surface area contributed by atoms with Gasteiger partial charge >= 0.3 is 5.97 Å². The molecule has 3 rings (SSSR count). The number of ether oxygens (including phenoxy) is 2. The van der Waals surface area contributed by atoms with Crippen molar-refractivity contribution in [3.05, 3.63) is 59.7 Å². The Morgan fingerprint density at radius 2 is 1.79 bits per heavy atom. The molecular formula is C23H25NO5. The molecule has 0 bridgehead atoms. The number of carbonyl (C=O) groups excluding carboxylic acids is 3. The zero-order chi connectivity index (χ0) is 20.8. The van der Waals surface area contributed by atoms with E-state index in [0.717, 1.165) is 17.7 Å². The summed E-state index contributed by atoms with van der Waals surface area (Å²) < 4.78 is 10.9. The second-order valence-corrected chi connectivity index (χ2v) is 7.03. The molecule has 6 heteroatoms. The third-order valence-electron chi connectivity index (χ3n) is 4.86. The molecule has 0 saturated heterocycles. The van der Waals surface area contributed by atoms with Crippen LogP contribution in [0.25, 0.3) is 0 Å². The van der Waals surface area contributed by atoms with Gasteiger partial charge in [-0.2, -0.15) is 0 Å². The van der Waals surface area contributed by atoms with Crippen molar-refractivity contribution in [2.45, 2.75) is 39.2 Å². The number of ketones is 1. The number of anilines is 1. The Morgan fingerprint density at radius 3 is 2.52 bits per heavy atom. The van der Waals surface area contributed by atoms with Gasteiger partial charge < -0.3 is 14.4 Å². The zero-order valence-corrected chi connectivity index (χ0v) is 16.7. The van der Waals surface area contributed by atoms with E-state index in [1.807, 2.05) is 24.3 Å². The van der Waals surface area contributed by atoms with Crippen LogP contribution in [0, 0.1) is 0 Å². The van der Waals surface area contributed by atoms with E-state index < -0.39 is 12.1 Å². The quantitative estimate of drug-likeness (QED) is 0.388. The molecule has 1 atom stereocenters. The highest BCUT2D eigenvalue weighted by molar-refractivity contribution is 5.99. The van der Waals surface area contributed by atoms with Crippen LogP contribution in [0.2, 0.25) is 0 Å². The Labute approximate surface area is 170 Å². The van der Waals surface area contributed by atoms with Crippen LogP contribution in [0.4, 0.5) is 5.69 Å². The Balaban J connectivity index is 1.40. The van der Waals surface area contributed by atoms with Gasteiger partial charge in [0.25, 0.3) is 5.91 Å². The standard InChI is InChI=1S/C23H25NO5/c1-16(25)18-9-11-20(12-10-18)28-15-5-8-22(26)29-17(2)23(27)24-14-13-19-6-3-4-7-21(19)24/h3-4,6-7,9-12,17H,5,8,13-15H2,1-2H3/t17-/m1/s1. The van der Waals surface area contributed by atoms with Crippen molar-refractivity contribution >= 4 is 23.3 Å². The van der Waals surface area contributed by atoms with E-state index in [2.05, 4.69) is 0 Å². The highest BCUT2D eigenvalue weighted by Crippen LogP contribution is 2.28. The molecule has 0 aliphatic carbocycles. The first-order valence-corrected chi connectivity index (χ1v) is 9.78. The zero-order valence-electron chi connectivity index (χ0n) is 16.7. The van der Waals surface area contributed by atoms with Gasteiger partial charge in [0.05, 0.1) is 6.61 Å². The second-order valence-electron chi connectivity index (χ2n) is 7.03. The lowest BCUT2D eigenvalue weighted by molar-refractivity contribution is -0.154. The predicted octanol–water partition coefficient (Wildman–Crippen LogP) is 3.57. The summed E-state index contributed by atoms with van der Waals surface area (Å²) in [7, 11) is 0. The summed E-state index contributed by atoms with van der Waals surface area (Å²) in [5.41, 5.74) is 2.65. The minimum Gasteiger partial charge on any atom is -0.494 e. The topological polar surface area (TPSA) is 72.9 Å². The van der Waals surface area contributed by atoms with Gasteiger partial charge in [0.1, 0.15) is 5.75 Å². The van der Waals surface area contributed by atoms with E-state index in [9.17, 15) is 14.4 Å². The molecule has 2 aromatic carbocycles. The summed E-state index contributed by atoms with van der Waals surface area (Å²) in [6, 6.07) is 14.6. The van der Waals surface area contributed by atoms with Gasteiger partial charge in [0.2, 0.25) is 0 Å². The molecule has 0 saturated carbocycles. The summed E-state index contributed by atoms with van der Waals surface area (Å²) >= 11 is 0. The van der Waals surface area contributed by atoms with E-state index in [-0.39, 0.29) is 18.1 Å². The van der Waals surface area contributed by atoms with Gasteiger partial charge in [0.15, 0.2) is 11.9 Å². The Bertz CT molecular complexity index is 890. The van der Waals surface area contributed by atoms with Crippen LogP contribution in [-0.4, -0.2) is 36.9 Å². The minimum absolute atomic E-state index is 0.000353. The summed E-state index contributed by atoms with van der Waals surface area (Å²) in [5, 5.41) is 0. The number of esters is 1. The van der Waals surface area contributed by atoms with Crippen LogP contribution in [-0.2, 0) is 20.7 Å². The molecule has 1 amide bonds. The number of rotatable bonds is 8. The van der Waals surface area contributed by atoms with Crippen LogP contribution >= 0.6 is 0 Å². The van der Waals surface area contributed by atoms with Crippen LogP contribution in [0.1, 0.15) is 42.6 Å². The molecule has 0 aromatic heterocycles. The number of fused-ring (bicyclic) bond motifs is 1. The maximum Gasteiger partial charge on any atom is 0.306 e. The molecule has 2 aromatic rings. The second kappa shape index (κ2) is 9.37. The van der Waals surface area contributed by atoms with Gasteiger partial charge in [-0.15, -0.1) is 0 Å². The first-order chi connectivity index (χ1) is 14.0. The van der Waals surface area contributed by atoms with Crippen molar-refractivity contribution in [1.82, 2.24) is 0 Å². The third kappa shape index (κ3) is 5.22. The fraction of sp³-hybridized carbons (Fsp3) is 0.348. The molecule has 29 heavy (non-hydrogen) atoms. The molecule has 0 spiro atoms. The molecule has 0 fully saturated rings. The number of para-hydroxylation sites is 1. The molecule has 0 unspecified atom stereocenters. The number of hydrogen-bond donors (Lipinski definition) is 0. The first-order valence-electron chi connectivity index (χ1n) is 9.78. The Morgan fingerprint density at radius 1 is 1.07 bits per heavy atom. The first kappa shape index (κ1) is 20.6. The van der Waals surface area contributed by atoms with E-state index in [1.165, 1.54) is 6.92 Å². The SMILES string of the molecule is CC(=O)c1ccc(OCCCC(=O)O[C@H](C)C(=O)N2CCc3ccccc32)cc1. The lowest BCUT2D eigenvalue weighted by Gasteiger charge is -2.21. The fourth-order valence-corrected chi connectivity index (χ4v) is 3.29. The molecule has 6 nitrogen and oxygen atoms in total. The Hall–Kier alpha value is -3.15. The summed E-state index contributed by atoms with van der Waals surface area (Å²) in [6.07, 6.45) is 0.627. The van der Waals surface area contributed by atoms with E-state index in [1.54, 1.807) is 36.1 Å². The average Bonchev–Trinajstić information content (AvgIpc) is 3.15. The maximum atomic E-state index is 12.6. The van der Waals surface area contributed by atoms with Crippen molar-refractivity contribution in [3.63, 3.8) is 0 Å². The van der Waals surface area contributed by atoms with Crippen LogP contribution in [0.3, 0.4) is 0 Å². The lowest BCUT2D eigenvalue weighted by Crippen LogP contribution is -2.39. The van der Waals surface area contributed by atoms with E-state index in [0.29, 0.717) is 30.9 Å². The number of carbonyl (C=O) groups is 3. The number of benzene rings is 2. The molecule has 1 aliphatic heterocycles. The molecule has 0 radical (unpaired) electrons. The number of amides is 1. The molecule has 1 heterocycles. The predicted molar refractivity (Wildman–Crippen MR) is 109 cm³/mol. The lowest BCUT2D eigenvalue weighted by atomic mass is 10.1. The van der Waals surface area contributed by atoms with Gasteiger partial charge in [-0.25, -0.2) is 0 Å². The minimum atomic E-state index is -0.825. The number of hydrogen-bond acceptors (Lipinski definition) is 5. The van der Waals surface area contributed by atoms with Crippen molar-refractivity contribution < 1.29 is 23.9 Å². The third-order valence-corrected chi connectivity index (χ3v) is 4.86. The normalized spacial score (nSPS) is 13.5. The van der Waals surface area contributed by atoms with Gasteiger partial charge in [-0.3, -0.25) is 14.4 Å². The summed E-state index contributed by atoms with van der Waals surface area (Å²) in [5.74, 6) is 0.0129. The van der Waals surface area contributed by atoms with E-state index in [4.69, 9.17) is 9.47 Å².